The fourth-order valence-corrected chi connectivity index (χ4v) is 2.00. The van der Waals surface area contributed by atoms with Crippen LogP contribution in [0.5, 0.6) is 0 Å². The molecule has 0 aliphatic rings. The second-order valence-electron chi connectivity index (χ2n) is 4.53. The average molecular weight is 272 g/mol. The van der Waals surface area contributed by atoms with Crippen LogP contribution in [0.2, 0.25) is 0 Å². The molecule has 0 bridgehead atoms. The zero-order valence-electron chi connectivity index (χ0n) is 10.9. The van der Waals surface area contributed by atoms with E-state index in [0.29, 0.717) is 5.56 Å². The second kappa shape index (κ2) is 6.24. The van der Waals surface area contributed by atoms with Gasteiger partial charge in [-0.05, 0) is 42.0 Å². The molecule has 1 nitrogen and oxygen atoms in total. The smallest absolute Gasteiger partial charge is 0.163 e. The van der Waals surface area contributed by atoms with Crippen molar-refractivity contribution in [2.45, 2.75) is 12.3 Å². The normalized spacial score (nSPS) is 11.9. The molecule has 0 N–H and O–H groups in total. The summed E-state index contributed by atoms with van der Waals surface area (Å²) >= 11 is 0. The van der Waals surface area contributed by atoms with Crippen LogP contribution in [0.1, 0.15) is 28.3 Å². The summed E-state index contributed by atoms with van der Waals surface area (Å²) in [5, 5.41) is 0. The molecule has 0 aromatic heterocycles. The third-order valence-electron chi connectivity index (χ3n) is 3.15. The molecule has 0 spiro atoms. The Kier molecular flexibility index (Phi) is 4.41. The van der Waals surface area contributed by atoms with Gasteiger partial charge in [-0.1, -0.05) is 18.2 Å². The van der Waals surface area contributed by atoms with Crippen molar-refractivity contribution >= 4 is 5.78 Å². The van der Waals surface area contributed by atoms with Gasteiger partial charge in [0.25, 0.3) is 0 Å². The van der Waals surface area contributed by atoms with Crippen molar-refractivity contribution in [1.82, 2.24) is 0 Å². The molecule has 0 aliphatic heterocycles. The summed E-state index contributed by atoms with van der Waals surface area (Å²) in [7, 11) is 0. The van der Waals surface area contributed by atoms with Gasteiger partial charge in [-0.2, -0.15) is 0 Å². The van der Waals surface area contributed by atoms with E-state index in [1.807, 2.05) is 0 Å². The van der Waals surface area contributed by atoms with Crippen molar-refractivity contribution in [3.8, 4) is 0 Å². The van der Waals surface area contributed by atoms with Crippen LogP contribution in [0.4, 0.5) is 8.78 Å². The Balaban J connectivity index is 2.13. The first-order valence-corrected chi connectivity index (χ1v) is 6.27. The SMILES string of the molecule is C=C[C@@H](CC(=O)c1ccc(F)cc1)c1ccc(F)cc1. The monoisotopic (exact) mass is 272 g/mol. The lowest BCUT2D eigenvalue weighted by Gasteiger charge is -2.12. The van der Waals surface area contributed by atoms with Gasteiger partial charge in [-0.25, -0.2) is 8.78 Å². The summed E-state index contributed by atoms with van der Waals surface area (Å²) in [4.78, 5) is 12.1. The zero-order chi connectivity index (χ0) is 14.5. The first kappa shape index (κ1) is 14.1. The Labute approximate surface area is 116 Å². The number of hydrogen-bond donors (Lipinski definition) is 0. The molecular formula is C17H14F2O. The van der Waals surface area contributed by atoms with Gasteiger partial charge in [-0.3, -0.25) is 4.79 Å². The second-order valence-corrected chi connectivity index (χ2v) is 4.53. The van der Waals surface area contributed by atoms with E-state index in [-0.39, 0.29) is 29.8 Å². The van der Waals surface area contributed by atoms with E-state index in [9.17, 15) is 13.6 Å². The number of carbonyl (C=O) groups excluding carboxylic acids is 1. The lowest BCUT2D eigenvalue weighted by Crippen LogP contribution is -2.06. The maximum Gasteiger partial charge on any atom is 0.163 e. The summed E-state index contributed by atoms with van der Waals surface area (Å²) in [6.07, 6.45) is 1.88. The van der Waals surface area contributed by atoms with Gasteiger partial charge < -0.3 is 0 Å². The highest BCUT2D eigenvalue weighted by Gasteiger charge is 2.14. The fraction of sp³-hybridized carbons (Fsp3) is 0.118. The van der Waals surface area contributed by atoms with Crippen LogP contribution in [0.3, 0.4) is 0 Å². The minimum absolute atomic E-state index is 0.0979. The highest BCUT2D eigenvalue weighted by molar-refractivity contribution is 5.96. The molecule has 3 heteroatoms. The maximum atomic E-state index is 12.9. The first-order chi connectivity index (χ1) is 9.60. The summed E-state index contributed by atoms with van der Waals surface area (Å²) in [5.41, 5.74) is 1.29. The molecule has 0 aliphatic carbocycles. The van der Waals surface area contributed by atoms with Gasteiger partial charge in [0.2, 0.25) is 0 Å². The highest BCUT2D eigenvalue weighted by atomic mass is 19.1. The molecule has 0 radical (unpaired) electrons. The van der Waals surface area contributed by atoms with Crippen LogP contribution in [-0.4, -0.2) is 5.78 Å². The van der Waals surface area contributed by atoms with E-state index in [2.05, 4.69) is 6.58 Å². The quantitative estimate of drug-likeness (QED) is 0.578. The molecule has 0 fully saturated rings. The molecule has 0 amide bonds. The van der Waals surface area contributed by atoms with Crippen LogP contribution in [0.25, 0.3) is 0 Å². The summed E-state index contributed by atoms with van der Waals surface area (Å²) in [6, 6.07) is 11.4. The van der Waals surface area contributed by atoms with Crippen LogP contribution >= 0.6 is 0 Å². The molecule has 2 rings (SSSR count). The van der Waals surface area contributed by atoms with Crippen molar-refractivity contribution in [2.24, 2.45) is 0 Å². The van der Waals surface area contributed by atoms with Crippen LogP contribution in [0.15, 0.2) is 61.2 Å². The number of Topliss-reactive ketones (excluding diaryl/α,β-unsaturated/α-hetero) is 1. The Morgan fingerprint density at radius 2 is 1.50 bits per heavy atom. The Bertz CT molecular complexity index is 600. The fourth-order valence-electron chi connectivity index (χ4n) is 2.00. The number of allylic oxidation sites excluding steroid dienone is 1. The molecular weight excluding hydrogens is 258 g/mol. The standard InChI is InChI=1S/C17H14F2O/c1-2-12(13-3-7-15(18)8-4-13)11-17(20)14-5-9-16(19)10-6-14/h2-10,12H,1,11H2/t12-/m0/s1. The van der Waals surface area contributed by atoms with E-state index in [1.54, 1.807) is 18.2 Å². The van der Waals surface area contributed by atoms with Gasteiger partial charge in [0.15, 0.2) is 5.78 Å². The van der Waals surface area contributed by atoms with Gasteiger partial charge >= 0.3 is 0 Å². The lowest BCUT2D eigenvalue weighted by atomic mass is 9.92. The average Bonchev–Trinajstić information content (AvgIpc) is 2.46. The van der Waals surface area contributed by atoms with E-state index < -0.39 is 0 Å². The third kappa shape index (κ3) is 3.38. The van der Waals surface area contributed by atoms with Gasteiger partial charge in [0, 0.05) is 17.9 Å². The van der Waals surface area contributed by atoms with E-state index in [1.165, 1.54) is 36.4 Å². The molecule has 2 aromatic rings. The largest absolute Gasteiger partial charge is 0.294 e. The van der Waals surface area contributed by atoms with Crippen LogP contribution in [0, 0.1) is 11.6 Å². The van der Waals surface area contributed by atoms with Crippen molar-refractivity contribution in [3.63, 3.8) is 0 Å². The molecule has 102 valence electrons. The first-order valence-electron chi connectivity index (χ1n) is 6.27. The van der Waals surface area contributed by atoms with Crippen molar-refractivity contribution in [2.75, 3.05) is 0 Å². The van der Waals surface area contributed by atoms with Gasteiger partial charge in [0.05, 0.1) is 0 Å². The Hall–Kier alpha value is -2.29. The van der Waals surface area contributed by atoms with Crippen LogP contribution in [-0.2, 0) is 0 Å². The summed E-state index contributed by atoms with van der Waals surface area (Å²) in [6.45, 7) is 3.71. The topological polar surface area (TPSA) is 17.1 Å². The maximum absolute atomic E-state index is 12.9. The number of benzene rings is 2. The third-order valence-corrected chi connectivity index (χ3v) is 3.15. The van der Waals surface area contributed by atoms with Crippen LogP contribution < -0.4 is 0 Å². The van der Waals surface area contributed by atoms with E-state index >= 15 is 0 Å². The summed E-state index contributed by atoms with van der Waals surface area (Å²) in [5.74, 6) is -0.978. The molecule has 2 aromatic carbocycles. The van der Waals surface area contributed by atoms with E-state index in [4.69, 9.17) is 0 Å². The summed E-state index contributed by atoms with van der Waals surface area (Å²) < 4.78 is 25.7. The minimum Gasteiger partial charge on any atom is -0.294 e. The molecule has 0 saturated heterocycles. The predicted molar refractivity (Wildman–Crippen MR) is 74.7 cm³/mol. The Morgan fingerprint density at radius 3 is 2.00 bits per heavy atom. The predicted octanol–water partition coefficient (Wildman–Crippen LogP) is 4.51. The van der Waals surface area contributed by atoms with Gasteiger partial charge in [-0.15, -0.1) is 6.58 Å². The van der Waals surface area contributed by atoms with E-state index in [0.717, 1.165) is 5.56 Å². The molecule has 0 heterocycles. The number of rotatable bonds is 5. The highest BCUT2D eigenvalue weighted by Crippen LogP contribution is 2.23. The van der Waals surface area contributed by atoms with Crippen molar-refractivity contribution < 1.29 is 13.6 Å². The molecule has 1 atom stereocenters. The number of halogens is 2. The minimum atomic E-state index is -0.375. The zero-order valence-corrected chi connectivity index (χ0v) is 10.9. The van der Waals surface area contributed by atoms with Gasteiger partial charge in [0.1, 0.15) is 11.6 Å². The lowest BCUT2D eigenvalue weighted by molar-refractivity contribution is 0.0978. The number of hydrogen-bond acceptors (Lipinski definition) is 1. The van der Waals surface area contributed by atoms with Crippen molar-refractivity contribution in [1.29, 1.82) is 0 Å². The molecule has 0 unspecified atom stereocenters. The molecule has 0 saturated carbocycles. The Morgan fingerprint density at radius 1 is 1.00 bits per heavy atom. The molecule has 20 heavy (non-hydrogen) atoms. The number of ketones is 1. The number of carbonyl (C=O) groups is 1. The van der Waals surface area contributed by atoms with Crippen molar-refractivity contribution in [3.05, 3.63) is 83.9 Å².